The van der Waals surface area contributed by atoms with E-state index in [0.717, 1.165) is 16.1 Å². The molecule has 0 saturated carbocycles. The van der Waals surface area contributed by atoms with Crippen LogP contribution in [0.5, 0.6) is 5.75 Å². The predicted molar refractivity (Wildman–Crippen MR) is 135 cm³/mol. The van der Waals surface area contributed by atoms with Crippen molar-refractivity contribution in [2.45, 2.75) is 45.8 Å². The molecule has 34 heavy (non-hydrogen) atoms. The molecule has 0 aliphatic rings. The molecule has 1 N–H and O–H groups in total. The third-order valence-electron chi connectivity index (χ3n) is 4.95. The summed E-state index contributed by atoms with van der Waals surface area (Å²) in [6, 6.07) is 12.6. The minimum absolute atomic E-state index is 0.0783. The average Bonchev–Trinajstić information content (AvgIpc) is 2.74. The number of hydrogen-bond acceptors (Lipinski definition) is 5. The fourth-order valence-corrected chi connectivity index (χ4v) is 4.42. The number of halogens is 1. The molecule has 2 rings (SSSR count). The SMILES string of the molecule is COc1cccc(CN(C(=O)CN(c2ccccc2Cl)S(C)(=O)=O)[C@H](C)C(=O)NC(C)(C)C)c1. The van der Waals surface area contributed by atoms with E-state index in [1.165, 1.54) is 18.1 Å². The Labute approximate surface area is 206 Å². The Morgan fingerprint density at radius 2 is 1.76 bits per heavy atom. The van der Waals surface area contributed by atoms with E-state index in [4.69, 9.17) is 16.3 Å². The molecule has 2 aromatic rings. The second-order valence-corrected chi connectivity index (χ2v) is 11.3. The summed E-state index contributed by atoms with van der Waals surface area (Å²) in [5.41, 5.74) is 0.409. The average molecular weight is 510 g/mol. The first-order valence-electron chi connectivity index (χ1n) is 10.7. The lowest BCUT2D eigenvalue weighted by Crippen LogP contribution is -2.54. The first kappa shape index (κ1) is 27.5. The van der Waals surface area contributed by atoms with Crippen molar-refractivity contribution >= 4 is 39.1 Å². The van der Waals surface area contributed by atoms with Gasteiger partial charge < -0.3 is 15.0 Å². The van der Waals surface area contributed by atoms with Crippen LogP contribution in [0.2, 0.25) is 5.02 Å². The molecule has 0 aliphatic carbocycles. The summed E-state index contributed by atoms with van der Waals surface area (Å²) in [5.74, 6) is -0.303. The summed E-state index contributed by atoms with van der Waals surface area (Å²) in [6.07, 6.45) is 1.01. The highest BCUT2D eigenvalue weighted by atomic mass is 35.5. The lowest BCUT2D eigenvalue weighted by atomic mass is 10.1. The summed E-state index contributed by atoms with van der Waals surface area (Å²) in [7, 11) is -2.31. The van der Waals surface area contributed by atoms with Crippen molar-refractivity contribution in [3.05, 3.63) is 59.1 Å². The smallest absolute Gasteiger partial charge is 0.244 e. The van der Waals surface area contributed by atoms with E-state index < -0.39 is 34.1 Å². The van der Waals surface area contributed by atoms with Gasteiger partial charge in [0.2, 0.25) is 21.8 Å². The maximum absolute atomic E-state index is 13.5. The normalized spacial score (nSPS) is 12.6. The number of nitrogens with one attached hydrogen (secondary N) is 1. The third-order valence-corrected chi connectivity index (χ3v) is 6.40. The van der Waals surface area contributed by atoms with Crippen molar-refractivity contribution < 1.29 is 22.7 Å². The van der Waals surface area contributed by atoms with E-state index in [2.05, 4.69) is 5.32 Å². The number of nitrogens with zero attached hydrogens (tertiary/aromatic N) is 2. The summed E-state index contributed by atoms with van der Waals surface area (Å²) in [5, 5.41) is 3.07. The van der Waals surface area contributed by atoms with Crippen molar-refractivity contribution in [2.24, 2.45) is 0 Å². The van der Waals surface area contributed by atoms with Gasteiger partial charge in [-0.05, 0) is 57.5 Å². The zero-order valence-corrected chi connectivity index (χ0v) is 21.9. The molecular weight excluding hydrogens is 478 g/mol. The van der Waals surface area contributed by atoms with Crippen LogP contribution in [0.4, 0.5) is 5.69 Å². The molecule has 0 fully saturated rings. The molecule has 10 heteroatoms. The summed E-state index contributed by atoms with van der Waals surface area (Å²) in [6.45, 7) is 6.70. The number of para-hydroxylation sites is 1. The van der Waals surface area contributed by atoms with Gasteiger partial charge in [-0.1, -0.05) is 35.9 Å². The van der Waals surface area contributed by atoms with Crippen LogP contribution in [0.25, 0.3) is 0 Å². The van der Waals surface area contributed by atoms with Crippen LogP contribution in [0.15, 0.2) is 48.5 Å². The van der Waals surface area contributed by atoms with Crippen LogP contribution in [0.3, 0.4) is 0 Å². The fourth-order valence-electron chi connectivity index (χ4n) is 3.27. The quantitative estimate of drug-likeness (QED) is 0.558. The summed E-state index contributed by atoms with van der Waals surface area (Å²) in [4.78, 5) is 27.8. The van der Waals surface area contributed by atoms with Gasteiger partial charge in [0.15, 0.2) is 0 Å². The second-order valence-electron chi connectivity index (χ2n) is 9.01. The second kappa shape index (κ2) is 11.1. The number of benzene rings is 2. The summed E-state index contributed by atoms with van der Waals surface area (Å²) >= 11 is 6.23. The van der Waals surface area contributed by atoms with Gasteiger partial charge >= 0.3 is 0 Å². The van der Waals surface area contributed by atoms with Crippen LogP contribution in [-0.4, -0.2) is 56.6 Å². The fraction of sp³-hybridized carbons (Fsp3) is 0.417. The van der Waals surface area contributed by atoms with E-state index >= 15 is 0 Å². The molecule has 0 radical (unpaired) electrons. The van der Waals surface area contributed by atoms with Crippen molar-refractivity contribution in [2.75, 3.05) is 24.2 Å². The monoisotopic (exact) mass is 509 g/mol. The van der Waals surface area contributed by atoms with Crippen molar-refractivity contribution in [1.29, 1.82) is 0 Å². The lowest BCUT2D eigenvalue weighted by Gasteiger charge is -2.33. The van der Waals surface area contributed by atoms with Crippen molar-refractivity contribution in [3.8, 4) is 5.75 Å². The number of sulfonamides is 1. The third kappa shape index (κ3) is 7.63. The van der Waals surface area contributed by atoms with Crippen LogP contribution in [0, 0.1) is 0 Å². The highest BCUT2D eigenvalue weighted by Crippen LogP contribution is 2.27. The van der Waals surface area contributed by atoms with Gasteiger partial charge in [0.1, 0.15) is 18.3 Å². The van der Waals surface area contributed by atoms with Gasteiger partial charge in [-0.3, -0.25) is 13.9 Å². The molecule has 0 aliphatic heterocycles. The van der Waals surface area contributed by atoms with Crippen LogP contribution in [-0.2, 0) is 26.2 Å². The van der Waals surface area contributed by atoms with Gasteiger partial charge in [0.05, 0.1) is 24.1 Å². The number of rotatable bonds is 9. The molecule has 2 amide bonds. The van der Waals surface area contributed by atoms with Gasteiger partial charge in [0, 0.05) is 12.1 Å². The van der Waals surface area contributed by atoms with E-state index in [1.54, 1.807) is 49.4 Å². The van der Waals surface area contributed by atoms with E-state index in [9.17, 15) is 18.0 Å². The highest BCUT2D eigenvalue weighted by molar-refractivity contribution is 7.92. The molecule has 0 heterocycles. The number of carbonyl (C=O) groups is 2. The van der Waals surface area contributed by atoms with Crippen LogP contribution < -0.4 is 14.4 Å². The van der Waals surface area contributed by atoms with Crippen LogP contribution in [0.1, 0.15) is 33.3 Å². The molecule has 1 atom stereocenters. The molecule has 186 valence electrons. The van der Waals surface area contributed by atoms with E-state index in [-0.39, 0.29) is 23.2 Å². The summed E-state index contributed by atoms with van der Waals surface area (Å²) < 4.78 is 31.4. The molecule has 0 bridgehead atoms. The Morgan fingerprint density at radius 3 is 2.32 bits per heavy atom. The Morgan fingerprint density at radius 1 is 1.12 bits per heavy atom. The Kier molecular flexibility index (Phi) is 8.96. The minimum atomic E-state index is -3.85. The number of hydrogen-bond donors (Lipinski definition) is 1. The number of ether oxygens (including phenoxy) is 1. The highest BCUT2D eigenvalue weighted by Gasteiger charge is 2.31. The van der Waals surface area contributed by atoms with Gasteiger partial charge in [-0.2, -0.15) is 0 Å². The topological polar surface area (TPSA) is 96.0 Å². The van der Waals surface area contributed by atoms with Crippen molar-refractivity contribution in [3.63, 3.8) is 0 Å². The first-order valence-corrected chi connectivity index (χ1v) is 12.9. The Hall–Kier alpha value is -2.78. The number of methoxy groups -OCH3 is 1. The van der Waals surface area contributed by atoms with E-state index in [0.29, 0.717) is 5.75 Å². The number of amides is 2. The molecule has 0 unspecified atom stereocenters. The van der Waals surface area contributed by atoms with Gasteiger partial charge in [-0.15, -0.1) is 0 Å². The Bertz CT molecular complexity index is 1130. The maximum Gasteiger partial charge on any atom is 0.244 e. The Balaban J connectivity index is 2.43. The standard InChI is InChI=1S/C24H32ClN3O5S/c1-17(23(30)26-24(2,3)4)27(15-18-10-9-11-19(14-18)33-5)22(29)16-28(34(6,31)32)21-13-8-7-12-20(21)25/h7-14,17H,15-16H2,1-6H3,(H,26,30)/t17-/m1/s1. The minimum Gasteiger partial charge on any atom is -0.497 e. The molecule has 8 nitrogen and oxygen atoms in total. The van der Waals surface area contributed by atoms with Gasteiger partial charge in [-0.25, -0.2) is 8.42 Å². The predicted octanol–water partition coefficient (Wildman–Crippen LogP) is 3.45. The molecule has 0 spiro atoms. The first-order chi connectivity index (χ1) is 15.7. The number of anilines is 1. The molecule has 0 saturated heterocycles. The lowest BCUT2D eigenvalue weighted by molar-refractivity contribution is -0.140. The zero-order chi connectivity index (χ0) is 25.7. The maximum atomic E-state index is 13.5. The zero-order valence-electron chi connectivity index (χ0n) is 20.3. The number of carbonyl (C=O) groups excluding carboxylic acids is 2. The largest absolute Gasteiger partial charge is 0.497 e. The van der Waals surface area contributed by atoms with E-state index in [1.807, 2.05) is 20.8 Å². The van der Waals surface area contributed by atoms with Crippen molar-refractivity contribution in [1.82, 2.24) is 10.2 Å². The molecule has 2 aromatic carbocycles. The molecular formula is C24H32ClN3O5S. The molecule has 0 aromatic heterocycles. The van der Waals surface area contributed by atoms with Gasteiger partial charge in [0.25, 0.3) is 0 Å². The van der Waals surface area contributed by atoms with Crippen LogP contribution >= 0.6 is 11.6 Å².